The molecule has 35 heavy (non-hydrogen) atoms. The summed E-state index contributed by atoms with van der Waals surface area (Å²) < 4.78 is 25.3. The summed E-state index contributed by atoms with van der Waals surface area (Å²) in [5.41, 5.74) is 1.81. The van der Waals surface area contributed by atoms with Crippen LogP contribution in [-0.2, 0) is 13.5 Å². The maximum atomic E-state index is 14.9. The van der Waals surface area contributed by atoms with Gasteiger partial charge in [0.15, 0.2) is 23.1 Å². The van der Waals surface area contributed by atoms with Gasteiger partial charge in [-0.05, 0) is 42.8 Å². The summed E-state index contributed by atoms with van der Waals surface area (Å²) in [6.45, 7) is 1.72. The van der Waals surface area contributed by atoms with E-state index in [1.807, 2.05) is 18.2 Å². The highest BCUT2D eigenvalue weighted by Crippen LogP contribution is 2.32. The van der Waals surface area contributed by atoms with Crippen LogP contribution in [-0.4, -0.2) is 24.8 Å². The summed E-state index contributed by atoms with van der Waals surface area (Å²) in [6.07, 6.45) is 3.07. The number of fused-ring (bicyclic) bond motifs is 1. The molecule has 0 aliphatic carbocycles. The van der Waals surface area contributed by atoms with Crippen molar-refractivity contribution in [2.75, 3.05) is 0 Å². The molecule has 0 aliphatic rings. The van der Waals surface area contributed by atoms with Gasteiger partial charge in [-0.15, -0.1) is 0 Å². The van der Waals surface area contributed by atoms with Gasteiger partial charge in [0.05, 0.1) is 16.9 Å². The molecule has 0 amide bonds. The Bertz CT molecular complexity index is 1640. The molecule has 0 radical (unpaired) electrons. The average molecular weight is 491 g/mol. The van der Waals surface area contributed by atoms with Gasteiger partial charge >= 0.3 is 0 Å². The van der Waals surface area contributed by atoms with Gasteiger partial charge in [0.2, 0.25) is 0 Å². The van der Waals surface area contributed by atoms with E-state index in [2.05, 4.69) is 5.10 Å². The van der Waals surface area contributed by atoms with Crippen LogP contribution in [0.15, 0.2) is 77.9 Å². The number of Topliss-reactive ketones (excluding diaryl/α,β-unsaturated/α-hetero) is 1. The van der Waals surface area contributed by atoms with Crippen LogP contribution in [0.1, 0.15) is 21.6 Å². The summed E-state index contributed by atoms with van der Waals surface area (Å²) in [5.74, 6) is -0.700. The van der Waals surface area contributed by atoms with Crippen molar-refractivity contribution in [2.45, 2.75) is 13.3 Å². The van der Waals surface area contributed by atoms with Crippen LogP contribution < -0.4 is 10.3 Å². The number of halogens is 2. The van der Waals surface area contributed by atoms with E-state index in [1.165, 1.54) is 27.5 Å². The van der Waals surface area contributed by atoms with Gasteiger partial charge in [-0.2, -0.15) is 5.10 Å². The second-order valence-corrected chi connectivity index (χ2v) is 8.46. The van der Waals surface area contributed by atoms with Gasteiger partial charge < -0.3 is 4.74 Å². The van der Waals surface area contributed by atoms with Crippen molar-refractivity contribution in [3.8, 4) is 17.2 Å². The highest BCUT2D eigenvalue weighted by atomic mass is 35.5. The molecule has 9 heteroatoms. The van der Waals surface area contributed by atoms with Gasteiger partial charge in [0, 0.05) is 31.4 Å². The number of nitrogens with zero attached hydrogens (tertiary/aromatic N) is 4. The molecule has 176 valence electrons. The molecule has 3 aromatic heterocycles. The number of rotatable bonds is 6. The standard InChI is InChI=1S/C26H20ClFN4O3/c1-16-24(26(34)32(30(16)2)18-6-4-3-5-7-18)21(33)15-17-8-9-22(20(28)14-17)35-23-10-12-29-31-13-11-19(27)25(23)31/h3-14H,15H2,1-2H3. The molecule has 3 heterocycles. The normalized spacial score (nSPS) is 11.2. The van der Waals surface area contributed by atoms with E-state index < -0.39 is 11.4 Å². The van der Waals surface area contributed by atoms with Gasteiger partial charge in [0.1, 0.15) is 11.1 Å². The van der Waals surface area contributed by atoms with E-state index in [-0.39, 0.29) is 23.5 Å². The molecule has 7 nitrogen and oxygen atoms in total. The Hall–Kier alpha value is -4.17. The monoisotopic (exact) mass is 490 g/mol. The van der Waals surface area contributed by atoms with Crippen LogP contribution in [0.4, 0.5) is 4.39 Å². The lowest BCUT2D eigenvalue weighted by atomic mass is 10.0. The van der Waals surface area contributed by atoms with Crippen molar-refractivity contribution < 1.29 is 13.9 Å². The Morgan fingerprint density at radius 3 is 2.60 bits per heavy atom. The van der Waals surface area contributed by atoms with E-state index in [0.717, 1.165) is 0 Å². The Balaban J connectivity index is 1.41. The molecule has 5 rings (SSSR count). The number of benzene rings is 2. The molecular formula is C26H20ClFN4O3. The first kappa shape index (κ1) is 22.6. The van der Waals surface area contributed by atoms with Crippen LogP contribution in [0.25, 0.3) is 11.2 Å². The van der Waals surface area contributed by atoms with E-state index in [1.54, 1.807) is 55.2 Å². The van der Waals surface area contributed by atoms with E-state index in [0.29, 0.717) is 33.2 Å². The van der Waals surface area contributed by atoms with Crippen molar-refractivity contribution in [1.29, 1.82) is 0 Å². The Labute approximate surface area is 204 Å². The molecule has 0 saturated heterocycles. The molecule has 2 aromatic carbocycles. The Kier molecular flexibility index (Phi) is 5.74. The number of hydrogen-bond acceptors (Lipinski definition) is 4. The van der Waals surface area contributed by atoms with Crippen molar-refractivity contribution in [3.05, 3.63) is 111 Å². The third-order valence-corrected chi connectivity index (χ3v) is 6.19. The van der Waals surface area contributed by atoms with Gasteiger partial charge in [-0.3, -0.25) is 14.3 Å². The van der Waals surface area contributed by atoms with Crippen molar-refractivity contribution in [2.24, 2.45) is 7.05 Å². The minimum Gasteiger partial charge on any atom is -0.452 e. The first-order valence-electron chi connectivity index (χ1n) is 10.8. The largest absolute Gasteiger partial charge is 0.452 e. The van der Waals surface area contributed by atoms with Gasteiger partial charge in [-0.1, -0.05) is 35.9 Å². The number of ketones is 1. The molecule has 0 N–H and O–H groups in total. The predicted octanol–water partition coefficient (Wildman–Crippen LogP) is 5.14. The Morgan fingerprint density at radius 2 is 1.86 bits per heavy atom. The minimum atomic E-state index is -0.639. The predicted molar refractivity (Wildman–Crippen MR) is 130 cm³/mol. The van der Waals surface area contributed by atoms with Crippen LogP contribution >= 0.6 is 11.6 Å². The Morgan fingerprint density at radius 1 is 1.09 bits per heavy atom. The number of aromatic nitrogens is 4. The molecular weight excluding hydrogens is 471 g/mol. The number of para-hydroxylation sites is 1. The minimum absolute atomic E-state index is 0.0195. The summed E-state index contributed by atoms with van der Waals surface area (Å²) in [4.78, 5) is 26.2. The van der Waals surface area contributed by atoms with Gasteiger partial charge in [-0.25, -0.2) is 13.6 Å². The summed E-state index contributed by atoms with van der Waals surface area (Å²) in [7, 11) is 1.72. The van der Waals surface area contributed by atoms with Crippen LogP contribution in [0.2, 0.25) is 5.02 Å². The van der Waals surface area contributed by atoms with Crippen molar-refractivity contribution in [1.82, 2.24) is 19.0 Å². The number of carbonyl (C=O) groups excluding carboxylic acids is 1. The highest BCUT2D eigenvalue weighted by molar-refractivity contribution is 6.34. The number of hydrogen-bond donors (Lipinski definition) is 0. The smallest absolute Gasteiger partial charge is 0.282 e. The summed E-state index contributed by atoms with van der Waals surface area (Å²) in [6, 6.07) is 16.6. The highest BCUT2D eigenvalue weighted by Gasteiger charge is 2.22. The van der Waals surface area contributed by atoms with E-state index >= 15 is 0 Å². The topological polar surface area (TPSA) is 70.5 Å². The van der Waals surface area contributed by atoms with E-state index in [9.17, 15) is 14.0 Å². The fraction of sp³-hybridized carbons (Fsp3) is 0.115. The third kappa shape index (κ3) is 4.02. The lowest BCUT2D eigenvalue weighted by molar-refractivity contribution is 0.0991. The molecule has 0 aliphatic heterocycles. The molecule has 5 aromatic rings. The fourth-order valence-corrected chi connectivity index (χ4v) is 4.31. The zero-order valence-corrected chi connectivity index (χ0v) is 19.7. The summed E-state index contributed by atoms with van der Waals surface area (Å²) in [5, 5.41) is 4.56. The van der Waals surface area contributed by atoms with Crippen molar-refractivity contribution in [3.63, 3.8) is 0 Å². The first-order chi connectivity index (χ1) is 16.8. The lowest BCUT2D eigenvalue weighted by Crippen LogP contribution is -2.23. The third-order valence-electron chi connectivity index (χ3n) is 5.88. The van der Waals surface area contributed by atoms with Gasteiger partial charge in [0.25, 0.3) is 5.56 Å². The number of ether oxygens (including phenoxy) is 1. The zero-order valence-electron chi connectivity index (χ0n) is 18.9. The zero-order chi connectivity index (χ0) is 24.7. The van der Waals surface area contributed by atoms with Crippen LogP contribution in [0.3, 0.4) is 0 Å². The molecule has 0 unspecified atom stereocenters. The quantitative estimate of drug-likeness (QED) is 0.309. The molecule has 0 saturated carbocycles. The second-order valence-electron chi connectivity index (χ2n) is 8.06. The lowest BCUT2D eigenvalue weighted by Gasteiger charge is -2.10. The first-order valence-corrected chi connectivity index (χ1v) is 11.2. The molecule has 0 fully saturated rings. The number of carbonyl (C=O) groups is 1. The summed E-state index contributed by atoms with van der Waals surface area (Å²) >= 11 is 6.20. The van der Waals surface area contributed by atoms with Crippen molar-refractivity contribution >= 4 is 22.9 Å². The SMILES string of the molecule is Cc1c(C(=O)Cc2ccc(Oc3ccnn4ccc(Cl)c34)c(F)c2)c(=O)n(-c2ccccc2)n1C. The second kappa shape index (κ2) is 8.88. The molecule has 0 bridgehead atoms. The maximum Gasteiger partial charge on any atom is 0.282 e. The average Bonchev–Trinajstić information content (AvgIpc) is 3.33. The van der Waals surface area contributed by atoms with Crippen LogP contribution in [0, 0.1) is 12.7 Å². The molecule has 0 spiro atoms. The van der Waals surface area contributed by atoms with Crippen LogP contribution in [0.5, 0.6) is 11.5 Å². The molecule has 0 atom stereocenters. The van der Waals surface area contributed by atoms with E-state index in [4.69, 9.17) is 16.3 Å². The fourth-order valence-electron chi connectivity index (χ4n) is 4.08. The maximum absolute atomic E-state index is 14.9.